The SMILES string of the molecule is Cc1nc2ccccn2c1C(=O)NCCNc1cc(Nc2ccccn2)ncn1. The van der Waals surface area contributed by atoms with E-state index in [4.69, 9.17) is 0 Å². The highest BCUT2D eigenvalue weighted by atomic mass is 16.1. The van der Waals surface area contributed by atoms with E-state index >= 15 is 0 Å². The van der Waals surface area contributed by atoms with E-state index in [2.05, 4.69) is 35.9 Å². The molecule has 4 aromatic rings. The molecule has 0 aliphatic rings. The van der Waals surface area contributed by atoms with E-state index < -0.39 is 0 Å². The molecule has 0 aromatic carbocycles. The lowest BCUT2D eigenvalue weighted by atomic mass is 10.3. The quantitative estimate of drug-likeness (QED) is 0.417. The monoisotopic (exact) mass is 388 g/mol. The third kappa shape index (κ3) is 4.29. The number of nitrogens with one attached hydrogen (secondary N) is 3. The molecule has 9 nitrogen and oxygen atoms in total. The van der Waals surface area contributed by atoms with Crippen LogP contribution in [0.15, 0.2) is 61.2 Å². The van der Waals surface area contributed by atoms with E-state index in [0.29, 0.717) is 41.9 Å². The summed E-state index contributed by atoms with van der Waals surface area (Å²) in [6, 6.07) is 13.0. The van der Waals surface area contributed by atoms with Crippen LogP contribution in [0.1, 0.15) is 16.2 Å². The van der Waals surface area contributed by atoms with Crippen molar-refractivity contribution in [3.8, 4) is 0 Å². The normalized spacial score (nSPS) is 10.7. The van der Waals surface area contributed by atoms with E-state index in [1.165, 1.54) is 6.33 Å². The summed E-state index contributed by atoms with van der Waals surface area (Å²) in [5.41, 5.74) is 1.99. The van der Waals surface area contributed by atoms with Crippen molar-refractivity contribution < 1.29 is 4.79 Å². The highest BCUT2D eigenvalue weighted by Gasteiger charge is 2.15. The van der Waals surface area contributed by atoms with Gasteiger partial charge >= 0.3 is 0 Å². The van der Waals surface area contributed by atoms with Gasteiger partial charge in [-0.1, -0.05) is 12.1 Å². The Morgan fingerprint density at radius 3 is 2.72 bits per heavy atom. The Balaban J connectivity index is 1.32. The van der Waals surface area contributed by atoms with Crippen molar-refractivity contribution in [3.63, 3.8) is 0 Å². The molecule has 0 unspecified atom stereocenters. The molecule has 0 spiro atoms. The first-order valence-corrected chi connectivity index (χ1v) is 9.16. The molecule has 0 bridgehead atoms. The second-order valence-electron chi connectivity index (χ2n) is 6.29. The molecule has 0 aliphatic carbocycles. The Labute approximate surface area is 167 Å². The number of hydrogen-bond donors (Lipinski definition) is 3. The standard InChI is InChI=1S/C20H20N8O/c1-14-19(28-11-5-3-7-18(28)26-14)20(29)23-10-9-22-16-12-17(25-13-24-16)27-15-6-2-4-8-21-15/h2-8,11-13H,9-10H2,1H3,(H,23,29)(H2,21,22,24,25,27). The van der Waals surface area contributed by atoms with Crippen LogP contribution in [-0.4, -0.2) is 43.3 Å². The third-order valence-corrected chi connectivity index (χ3v) is 4.22. The van der Waals surface area contributed by atoms with Gasteiger partial charge in [0.15, 0.2) is 0 Å². The molecule has 0 atom stereocenters. The first kappa shape index (κ1) is 18.4. The molecule has 0 saturated carbocycles. The fourth-order valence-electron chi connectivity index (χ4n) is 2.93. The lowest BCUT2D eigenvalue weighted by molar-refractivity contribution is 0.0948. The highest BCUT2D eigenvalue weighted by molar-refractivity contribution is 5.94. The molecular formula is C20H20N8O. The summed E-state index contributed by atoms with van der Waals surface area (Å²) in [6.45, 7) is 2.78. The van der Waals surface area contributed by atoms with E-state index in [9.17, 15) is 4.79 Å². The first-order valence-electron chi connectivity index (χ1n) is 9.16. The van der Waals surface area contributed by atoms with E-state index in [0.717, 1.165) is 5.65 Å². The first-order chi connectivity index (χ1) is 14.2. The minimum Gasteiger partial charge on any atom is -0.368 e. The van der Waals surface area contributed by atoms with Gasteiger partial charge in [-0.25, -0.2) is 19.9 Å². The second-order valence-corrected chi connectivity index (χ2v) is 6.29. The van der Waals surface area contributed by atoms with Gasteiger partial charge in [0.25, 0.3) is 5.91 Å². The fraction of sp³-hybridized carbons (Fsp3) is 0.150. The summed E-state index contributed by atoms with van der Waals surface area (Å²) in [4.78, 5) is 29.6. The summed E-state index contributed by atoms with van der Waals surface area (Å²) in [6.07, 6.45) is 5.00. The van der Waals surface area contributed by atoms with Gasteiger partial charge in [0.05, 0.1) is 5.69 Å². The van der Waals surface area contributed by atoms with Gasteiger partial charge in [-0.05, 0) is 31.2 Å². The maximum absolute atomic E-state index is 12.6. The zero-order chi connectivity index (χ0) is 20.1. The van der Waals surface area contributed by atoms with Gasteiger partial charge in [0.2, 0.25) is 0 Å². The predicted octanol–water partition coefficient (Wildman–Crippen LogP) is 2.41. The van der Waals surface area contributed by atoms with Gasteiger partial charge in [-0.15, -0.1) is 0 Å². The number of hydrogen-bond acceptors (Lipinski definition) is 7. The number of pyridine rings is 2. The van der Waals surface area contributed by atoms with E-state index in [1.54, 1.807) is 16.7 Å². The van der Waals surface area contributed by atoms with Crippen molar-refractivity contribution >= 4 is 29.0 Å². The third-order valence-electron chi connectivity index (χ3n) is 4.22. The van der Waals surface area contributed by atoms with Gasteiger partial charge in [-0.3, -0.25) is 9.20 Å². The van der Waals surface area contributed by atoms with Crippen molar-refractivity contribution in [1.82, 2.24) is 29.7 Å². The average Bonchev–Trinajstić information content (AvgIpc) is 3.08. The molecule has 9 heteroatoms. The molecule has 0 radical (unpaired) electrons. The molecule has 0 fully saturated rings. The van der Waals surface area contributed by atoms with Crippen molar-refractivity contribution in [2.45, 2.75) is 6.92 Å². The number of carbonyl (C=O) groups is 1. The minimum atomic E-state index is -0.164. The van der Waals surface area contributed by atoms with Crippen LogP contribution in [0.3, 0.4) is 0 Å². The summed E-state index contributed by atoms with van der Waals surface area (Å²) in [5, 5.41) is 9.20. The number of aromatic nitrogens is 5. The average molecular weight is 388 g/mol. The molecule has 4 heterocycles. The van der Waals surface area contributed by atoms with Crippen LogP contribution in [0, 0.1) is 6.92 Å². The maximum atomic E-state index is 12.6. The minimum absolute atomic E-state index is 0.164. The van der Waals surface area contributed by atoms with Crippen LogP contribution >= 0.6 is 0 Å². The zero-order valence-electron chi connectivity index (χ0n) is 15.8. The number of carbonyl (C=O) groups excluding carboxylic acids is 1. The van der Waals surface area contributed by atoms with Crippen LogP contribution in [-0.2, 0) is 0 Å². The number of aryl methyl sites for hydroxylation is 1. The largest absolute Gasteiger partial charge is 0.368 e. The highest BCUT2D eigenvalue weighted by Crippen LogP contribution is 2.14. The Hall–Kier alpha value is -4.01. The van der Waals surface area contributed by atoms with Crippen LogP contribution in [0.25, 0.3) is 5.65 Å². The van der Waals surface area contributed by atoms with Crippen molar-refractivity contribution in [2.24, 2.45) is 0 Å². The molecule has 146 valence electrons. The van der Waals surface area contributed by atoms with E-state index in [-0.39, 0.29) is 5.91 Å². The van der Waals surface area contributed by atoms with Crippen LogP contribution < -0.4 is 16.0 Å². The Morgan fingerprint density at radius 1 is 1.00 bits per heavy atom. The molecule has 4 aromatic heterocycles. The fourth-order valence-corrected chi connectivity index (χ4v) is 2.93. The van der Waals surface area contributed by atoms with Gasteiger partial charge in [-0.2, -0.15) is 0 Å². The molecule has 1 amide bonds. The van der Waals surface area contributed by atoms with E-state index in [1.807, 2.05) is 49.5 Å². The summed E-state index contributed by atoms with van der Waals surface area (Å²) >= 11 is 0. The summed E-state index contributed by atoms with van der Waals surface area (Å²) in [7, 11) is 0. The number of rotatable bonds is 7. The molecule has 29 heavy (non-hydrogen) atoms. The summed E-state index contributed by atoms with van der Waals surface area (Å²) in [5.74, 6) is 1.82. The number of imidazole rings is 1. The van der Waals surface area contributed by atoms with Gasteiger partial charge in [0.1, 0.15) is 35.1 Å². The number of fused-ring (bicyclic) bond motifs is 1. The maximum Gasteiger partial charge on any atom is 0.270 e. The number of nitrogens with zero attached hydrogens (tertiary/aromatic N) is 5. The molecular weight excluding hydrogens is 368 g/mol. The number of amides is 1. The van der Waals surface area contributed by atoms with Gasteiger partial charge in [0, 0.05) is 31.5 Å². The van der Waals surface area contributed by atoms with Crippen LogP contribution in [0.5, 0.6) is 0 Å². The molecule has 0 aliphatic heterocycles. The Morgan fingerprint density at radius 2 is 1.86 bits per heavy atom. The molecule has 0 saturated heterocycles. The number of anilines is 3. The van der Waals surface area contributed by atoms with Crippen LogP contribution in [0.4, 0.5) is 17.5 Å². The van der Waals surface area contributed by atoms with Crippen molar-refractivity contribution in [3.05, 3.63) is 72.6 Å². The van der Waals surface area contributed by atoms with Crippen LogP contribution in [0.2, 0.25) is 0 Å². The molecule has 4 rings (SSSR count). The zero-order valence-corrected chi connectivity index (χ0v) is 15.8. The summed E-state index contributed by atoms with van der Waals surface area (Å²) < 4.78 is 1.79. The van der Waals surface area contributed by atoms with Crippen molar-refractivity contribution in [1.29, 1.82) is 0 Å². The Kier molecular flexibility index (Phi) is 5.28. The lowest BCUT2D eigenvalue weighted by Crippen LogP contribution is -2.30. The van der Waals surface area contributed by atoms with Gasteiger partial charge < -0.3 is 16.0 Å². The van der Waals surface area contributed by atoms with Crippen molar-refractivity contribution in [2.75, 3.05) is 23.7 Å². The predicted molar refractivity (Wildman–Crippen MR) is 110 cm³/mol. The topological polar surface area (TPSA) is 109 Å². The smallest absolute Gasteiger partial charge is 0.270 e. The second kappa shape index (κ2) is 8.34. The molecule has 3 N–H and O–H groups in total. The lowest BCUT2D eigenvalue weighted by Gasteiger charge is -2.09. The Bertz CT molecular complexity index is 1130.